The van der Waals surface area contributed by atoms with Gasteiger partial charge >= 0.3 is 5.69 Å². The van der Waals surface area contributed by atoms with Gasteiger partial charge in [0.15, 0.2) is 0 Å². The van der Waals surface area contributed by atoms with Crippen LogP contribution in [0.25, 0.3) is 0 Å². The van der Waals surface area contributed by atoms with E-state index >= 15 is 0 Å². The number of carbonyl (C=O) groups is 1. The van der Waals surface area contributed by atoms with Crippen molar-refractivity contribution in [2.45, 2.75) is 6.92 Å². The number of rotatable bonds is 5. The molecule has 0 spiro atoms. The van der Waals surface area contributed by atoms with Crippen LogP contribution in [0.5, 0.6) is 5.75 Å². The Labute approximate surface area is 171 Å². The first-order valence-electron chi connectivity index (χ1n) is 8.52. The van der Waals surface area contributed by atoms with Gasteiger partial charge in [0, 0.05) is 34.1 Å². The second-order valence-corrected chi connectivity index (χ2v) is 6.68. The summed E-state index contributed by atoms with van der Waals surface area (Å²) in [4.78, 5) is 26.8. The van der Waals surface area contributed by atoms with E-state index in [1.807, 2.05) is 0 Å². The van der Waals surface area contributed by atoms with Gasteiger partial charge in [-0.25, -0.2) is 0 Å². The molecular weight excluding hydrogens is 394 g/mol. The van der Waals surface area contributed by atoms with Gasteiger partial charge in [-0.05, 0) is 61.0 Å². The first-order valence-corrected chi connectivity index (χ1v) is 8.90. The van der Waals surface area contributed by atoms with E-state index in [1.165, 1.54) is 12.3 Å². The van der Waals surface area contributed by atoms with E-state index in [4.69, 9.17) is 11.6 Å². The summed E-state index contributed by atoms with van der Waals surface area (Å²) in [5.41, 5.74) is 2.07. The zero-order chi connectivity index (χ0) is 21.0. The molecule has 0 fully saturated rings. The number of phenols is 1. The Hall–Kier alpha value is -3.71. The number of anilines is 1. The van der Waals surface area contributed by atoms with Crippen molar-refractivity contribution < 1.29 is 14.8 Å². The largest absolute Gasteiger partial charge is 0.502 e. The molecule has 0 bridgehead atoms. The number of amides is 1. The third kappa shape index (κ3) is 4.97. The molecule has 3 rings (SSSR count). The molecule has 0 radical (unpaired) electrons. The molecule has 0 atom stereocenters. The molecule has 7 nitrogen and oxygen atoms in total. The number of hydrogen-bond donors (Lipinski definition) is 2. The number of aryl methyl sites for hydroxylation is 1. The van der Waals surface area contributed by atoms with Crippen LogP contribution in [0.1, 0.15) is 21.5 Å². The van der Waals surface area contributed by atoms with Gasteiger partial charge in [-0.1, -0.05) is 17.7 Å². The summed E-state index contributed by atoms with van der Waals surface area (Å²) in [5, 5.41) is 24.3. The van der Waals surface area contributed by atoms with Crippen LogP contribution in [0.2, 0.25) is 5.02 Å². The second-order valence-electron chi connectivity index (χ2n) is 6.25. The van der Waals surface area contributed by atoms with E-state index in [-0.39, 0.29) is 17.2 Å². The highest BCUT2D eigenvalue weighted by molar-refractivity contribution is 6.31. The number of aromatic hydroxyl groups is 1. The maximum absolute atomic E-state index is 12.2. The van der Waals surface area contributed by atoms with Crippen LogP contribution in [0.15, 0.2) is 65.7 Å². The van der Waals surface area contributed by atoms with Crippen LogP contribution in [0.3, 0.4) is 0 Å². The van der Waals surface area contributed by atoms with Crippen LogP contribution in [0.4, 0.5) is 17.1 Å². The number of phenolic OH excluding ortho intramolecular Hbond substituents is 1. The van der Waals surface area contributed by atoms with E-state index in [9.17, 15) is 20.0 Å². The smallest absolute Gasteiger partial charge is 0.311 e. The summed E-state index contributed by atoms with van der Waals surface area (Å²) < 4.78 is 0. The summed E-state index contributed by atoms with van der Waals surface area (Å²) in [6, 6.07) is 16.2. The lowest BCUT2D eigenvalue weighted by atomic mass is 10.1. The number of nitro benzene ring substituents is 1. The molecule has 0 saturated heterocycles. The van der Waals surface area contributed by atoms with E-state index in [0.29, 0.717) is 27.5 Å². The predicted octanol–water partition coefficient (Wildman–Crippen LogP) is 5.27. The molecule has 0 unspecified atom stereocenters. The van der Waals surface area contributed by atoms with Crippen LogP contribution < -0.4 is 5.32 Å². The van der Waals surface area contributed by atoms with Gasteiger partial charge in [-0.15, -0.1) is 0 Å². The molecule has 0 aliphatic carbocycles. The Morgan fingerprint density at radius 3 is 2.55 bits per heavy atom. The van der Waals surface area contributed by atoms with Crippen molar-refractivity contribution in [2.75, 3.05) is 5.32 Å². The average molecular weight is 410 g/mol. The lowest BCUT2D eigenvalue weighted by molar-refractivity contribution is -0.385. The van der Waals surface area contributed by atoms with E-state index in [1.54, 1.807) is 61.5 Å². The molecule has 146 valence electrons. The minimum Gasteiger partial charge on any atom is -0.502 e. The van der Waals surface area contributed by atoms with Crippen molar-refractivity contribution in [3.63, 3.8) is 0 Å². The number of nitrogens with one attached hydrogen (secondary N) is 1. The van der Waals surface area contributed by atoms with Crippen molar-refractivity contribution in [3.05, 3.63) is 92.5 Å². The highest BCUT2D eigenvalue weighted by atomic mass is 35.5. The number of carbonyl (C=O) groups excluding carboxylic acids is 1. The number of nitrogens with zero attached hydrogens (tertiary/aromatic N) is 2. The first kappa shape index (κ1) is 20.0. The maximum atomic E-state index is 12.2. The van der Waals surface area contributed by atoms with Gasteiger partial charge in [0.1, 0.15) is 0 Å². The Kier molecular flexibility index (Phi) is 5.90. The van der Waals surface area contributed by atoms with Crippen molar-refractivity contribution in [2.24, 2.45) is 4.99 Å². The zero-order valence-corrected chi connectivity index (χ0v) is 16.1. The van der Waals surface area contributed by atoms with Crippen molar-refractivity contribution >= 4 is 40.8 Å². The Balaban J connectivity index is 1.74. The van der Waals surface area contributed by atoms with Crippen molar-refractivity contribution in [1.82, 2.24) is 0 Å². The van der Waals surface area contributed by atoms with Crippen molar-refractivity contribution in [1.29, 1.82) is 0 Å². The summed E-state index contributed by atoms with van der Waals surface area (Å²) in [5.74, 6) is -0.726. The van der Waals surface area contributed by atoms with Crippen LogP contribution in [-0.4, -0.2) is 22.2 Å². The Morgan fingerprint density at radius 1 is 1.17 bits per heavy atom. The van der Waals surface area contributed by atoms with Gasteiger partial charge in [-0.3, -0.25) is 19.9 Å². The van der Waals surface area contributed by atoms with Crippen LogP contribution >= 0.6 is 11.6 Å². The van der Waals surface area contributed by atoms with Gasteiger partial charge in [0.2, 0.25) is 5.75 Å². The van der Waals surface area contributed by atoms with E-state index in [0.717, 1.165) is 0 Å². The molecular formula is C21H16ClN3O4. The molecule has 0 saturated carbocycles. The average Bonchev–Trinajstić information content (AvgIpc) is 2.69. The first-order chi connectivity index (χ1) is 13.8. The molecule has 2 N–H and O–H groups in total. The number of halogens is 1. The molecule has 0 aliphatic heterocycles. The molecule has 0 aliphatic rings. The van der Waals surface area contributed by atoms with E-state index in [2.05, 4.69) is 10.3 Å². The van der Waals surface area contributed by atoms with Gasteiger partial charge < -0.3 is 10.4 Å². The SMILES string of the molecule is Cc1cc(C=Nc2ccc(NC(=O)c3cccc(Cl)c3)cc2)c(O)c([N+](=O)[O-])c1. The van der Waals surface area contributed by atoms with Gasteiger partial charge in [0.25, 0.3) is 5.91 Å². The summed E-state index contributed by atoms with van der Waals surface area (Å²) in [6.07, 6.45) is 1.36. The summed E-state index contributed by atoms with van der Waals surface area (Å²) in [7, 11) is 0. The topological polar surface area (TPSA) is 105 Å². The highest BCUT2D eigenvalue weighted by Crippen LogP contribution is 2.30. The normalized spacial score (nSPS) is 10.8. The fraction of sp³-hybridized carbons (Fsp3) is 0.0476. The summed E-state index contributed by atoms with van der Waals surface area (Å²) >= 11 is 5.89. The standard InChI is InChI=1S/C21H16ClN3O4/c1-13-9-15(20(26)19(10-13)25(28)29)12-23-17-5-7-18(8-6-17)24-21(27)14-3-2-4-16(22)11-14/h2-12,26H,1H3,(H,24,27). The number of benzene rings is 3. The third-order valence-corrected chi connectivity index (χ3v) is 4.26. The fourth-order valence-electron chi connectivity index (χ4n) is 2.63. The monoisotopic (exact) mass is 409 g/mol. The summed E-state index contributed by atoms with van der Waals surface area (Å²) in [6.45, 7) is 1.70. The Bertz CT molecular complexity index is 1110. The molecule has 29 heavy (non-hydrogen) atoms. The predicted molar refractivity (Wildman–Crippen MR) is 113 cm³/mol. The van der Waals surface area contributed by atoms with Gasteiger partial charge in [0.05, 0.1) is 10.6 Å². The van der Waals surface area contributed by atoms with E-state index < -0.39 is 10.7 Å². The molecule has 0 aromatic heterocycles. The van der Waals surface area contributed by atoms with Crippen LogP contribution in [-0.2, 0) is 0 Å². The Morgan fingerprint density at radius 2 is 1.90 bits per heavy atom. The molecule has 1 amide bonds. The minimum absolute atomic E-state index is 0.245. The lowest BCUT2D eigenvalue weighted by Gasteiger charge is -2.06. The van der Waals surface area contributed by atoms with Crippen molar-refractivity contribution in [3.8, 4) is 5.75 Å². The third-order valence-electron chi connectivity index (χ3n) is 4.03. The minimum atomic E-state index is -0.642. The number of hydrogen-bond acceptors (Lipinski definition) is 5. The molecule has 8 heteroatoms. The quantitative estimate of drug-likeness (QED) is 0.340. The molecule has 0 heterocycles. The van der Waals surface area contributed by atoms with Gasteiger partial charge in [-0.2, -0.15) is 0 Å². The maximum Gasteiger partial charge on any atom is 0.311 e. The highest BCUT2D eigenvalue weighted by Gasteiger charge is 2.17. The lowest BCUT2D eigenvalue weighted by Crippen LogP contribution is -2.11. The van der Waals surface area contributed by atoms with Crippen LogP contribution in [0, 0.1) is 17.0 Å². The fourth-order valence-corrected chi connectivity index (χ4v) is 2.82. The second kappa shape index (κ2) is 8.53. The number of nitro groups is 1. The zero-order valence-electron chi connectivity index (χ0n) is 15.3. The number of aliphatic imine (C=N–C) groups is 1. The molecule has 3 aromatic rings. The molecule has 3 aromatic carbocycles.